The third-order valence-corrected chi connectivity index (χ3v) is 4.18. The lowest BCUT2D eigenvalue weighted by atomic mass is 9.76. The van der Waals surface area contributed by atoms with Gasteiger partial charge in [-0.3, -0.25) is 0 Å². The quantitative estimate of drug-likeness (QED) is 0.534. The molecule has 0 spiro atoms. The molecule has 92 valence electrons. The number of unbranched alkanes of at least 4 members (excludes halogenated alkanes) is 1. The number of rotatable bonds is 6. The highest BCUT2D eigenvalue weighted by atomic mass is 14.9. The molecule has 3 atom stereocenters. The first kappa shape index (κ1) is 13.6. The summed E-state index contributed by atoms with van der Waals surface area (Å²) in [5.41, 5.74) is 0. The Kier molecular flexibility index (Phi) is 6.57. The molecule has 16 heavy (non-hydrogen) atoms. The summed E-state index contributed by atoms with van der Waals surface area (Å²) >= 11 is 0. The Bertz CT molecular complexity index is 216. The molecule has 0 heterocycles. The van der Waals surface area contributed by atoms with E-state index in [1.807, 2.05) is 0 Å². The van der Waals surface area contributed by atoms with Crippen LogP contribution in [0.3, 0.4) is 0 Å². The molecule has 1 aliphatic carbocycles. The number of hydrogen-bond donors (Lipinski definition) is 1. The van der Waals surface area contributed by atoms with Crippen molar-refractivity contribution in [2.45, 2.75) is 64.3 Å². The smallest absolute Gasteiger partial charge is 0.00927 e. The van der Waals surface area contributed by atoms with Crippen LogP contribution in [0.25, 0.3) is 0 Å². The second kappa shape index (κ2) is 7.74. The molecule has 1 saturated carbocycles. The maximum atomic E-state index is 5.31. The zero-order valence-corrected chi connectivity index (χ0v) is 11.0. The number of nitrogens with one attached hydrogen (secondary N) is 1. The third kappa shape index (κ3) is 4.18. The highest BCUT2D eigenvalue weighted by Gasteiger charge is 2.26. The van der Waals surface area contributed by atoms with Gasteiger partial charge in [0.2, 0.25) is 0 Å². The summed E-state index contributed by atoms with van der Waals surface area (Å²) in [4.78, 5) is 0. The molecule has 1 nitrogen and oxygen atoms in total. The van der Waals surface area contributed by atoms with Crippen molar-refractivity contribution in [3.8, 4) is 12.3 Å². The molecule has 1 fully saturated rings. The van der Waals surface area contributed by atoms with Gasteiger partial charge in [-0.05, 0) is 44.6 Å². The van der Waals surface area contributed by atoms with Gasteiger partial charge in [0.1, 0.15) is 0 Å². The molecule has 0 aromatic carbocycles. The minimum absolute atomic E-state index is 0.697. The fourth-order valence-corrected chi connectivity index (χ4v) is 3.11. The first-order valence-corrected chi connectivity index (χ1v) is 6.92. The molecule has 1 N–H and O–H groups in total. The zero-order chi connectivity index (χ0) is 11.8. The molecular weight excluding hydrogens is 194 g/mol. The van der Waals surface area contributed by atoms with Crippen molar-refractivity contribution in [1.29, 1.82) is 0 Å². The maximum absolute atomic E-state index is 5.31. The van der Waals surface area contributed by atoms with E-state index in [1.54, 1.807) is 0 Å². The van der Waals surface area contributed by atoms with Gasteiger partial charge >= 0.3 is 0 Å². The molecule has 0 saturated heterocycles. The Morgan fingerprint density at radius 2 is 2.25 bits per heavy atom. The lowest BCUT2D eigenvalue weighted by Gasteiger charge is -2.34. The van der Waals surface area contributed by atoms with Crippen molar-refractivity contribution in [2.75, 3.05) is 7.05 Å². The van der Waals surface area contributed by atoms with Gasteiger partial charge < -0.3 is 5.32 Å². The van der Waals surface area contributed by atoms with Gasteiger partial charge in [-0.25, -0.2) is 0 Å². The van der Waals surface area contributed by atoms with E-state index < -0.39 is 0 Å². The fraction of sp³-hybridized carbons (Fsp3) is 0.867. The van der Waals surface area contributed by atoms with Crippen LogP contribution in [0.1, 0.15) is 58.3 Å². The molecule has 0 amide bonds. The van der Waals surface area contributed by atoms with Gasteiger partial charge in [-0.15, -0.1) is 12.3 Å². The van der Waals surface area contributed by atoms with Crippen LogP contribution in [0.5, 0.6) is 0 Å². The van der Waals surface area contributed by atoms with Crippen molar-refractivity contribution in [3.63, 3.8) is 0 Å². The predicted molar refractivity (Wildman–Crippen MR) is 71.3 cm³/mol. The van der Waals surface area contributed by atoms with Crippen LogP contribution < -0.4 is 5.32 Å². The van der Waals surface area contributed by atoms with E-state index in [9.17, 15) is 0 Å². The van der Waals surface area contributed by atoms with E-state index in [2.05, 4.69) is 25.2 Å². The molecule has 3 unspecified atom stereocenters. The van der Waals surface area contributed by atoms with Crippen LogP contribution in [-0.2, 0) is 0 Å². The van der Waals surface area contributed by atoms with Gasteiger partial charge in [0.25, 0.3) is 0 Å². The van der Waals surface area contributed by atoms with Crippen LogP contribution in [-0.4, -0.2) is 13.1 Å². The van der Waals surface area contributed by atoms with Crippen LogP contribution >= 0.6 is 0 Å². The van der Waals surface area contributed by atoms with E-state index in [0.717, 1.165) is 18.3 Å². The molecule has 0 aromatic heterocycles. The Balaban J connectivity index is 2.36. The normalized spacial score (nSPS) is 27.3. The van der Waals surface area contributed by atoms with E-state index in [-0.39, 0.29) is 0 Å². The van der Waals surface area contributed by atoms with E-state index >= 15 is 0 Å². The van der Waals surface area contributed by atoms with Gasteiger partial charge in [-0.1, -0.05) is 26.2 Å². The summed E-state index contributed by atoms with van der Waals surface area (Å²) in [6.45, 7) is 2.33. The van der Waals surface area contributed by atoms with Crippen molar-refractivity contribution in [1.82, 2.24) is 5.32 Å². The summed E-state index contributed by atoms with van der Waals surface area (Å²) < 4.78 is 0. The van der Waals surface area contributed by atoms with E-state index in [4.69, 9.17) is 6.42 Å². The van der Waals surface area contributed by atoms with Crippen LogP contribution in [0, 0.1) is 24.2 Å². The number of hydrogen-bond acceptors (Lipinski definition) is 1. The lowest BCUT2D eigenvalue weighted by molar-refractivity contribution is 0.206. The Hall–Kier alpha value is -0.480. The fourth-order valence-electron chi connectivity index (χ4n) is 3.11. The zero-order valence-electron chi connectivity index (χ0n) is 11.0. The summed E-state index contributed by atoms with van der Waals surface area (Å²) in [6.07, 6.45) is 15.7. The molecule has 0 aromatic rings. The average Bonchev–Trinajstić information content (AvgIpc) is 2.35. The Labute approximate surface area is 101 Å². The van der Waals surface area contributed by atoms with Crippen molar-refractivity contribution in [2.24, 2.45) is 11.8 Å². The highest BCUT2D eigenvalue weighted by molar-refractivity contribution is 4.86. The average molecular weight is 221 g/mol. The first-order valence-electron chi connectivity index (χ1n) is 6.92. The minimum atomic E-state index is 0.697. The summed E-state index contributed by atoms with van der Waals surface area (Å²) in [5.74, 6) is 4.61. The molecule has 1 heteroatoms. The number of terminal acetylenes is 1. The second-order valence-corrected chi connectivity index (χ2v) is 5.19. The van der Waals surface area contributed by atoms with E-state index in [0.29, 0.717) is 6.04 Å². The molecule has 1 aliphatic rings. The summed E-state index contributed by atoms with van der Waals surface area (Å²) in [6, 6.07) is 0.697. The highest BCUT2D eigenvalue weighted by Crippen LogP contribution is 2.34. The molecule has 0 radical (unpaired) electrons. The molecule has 0 bridgehead atoms. The molecule has 0 aliphatic heterocycles. The first-order chi connectivity index (χ1) is 7.81. The summed E-state index contributed by atoms with van der Waals surface area (Å²) in [5, 5.41) is 3.51. The van der Waals surface area contributed by atoms with Gasteiger partial charge in [-0.2, -0.15) is 0 Å². The van der Waals surface area contributed by atoms with E-state index in [1.165, 1.54) is 44.9 Å². The SMILES string of the molecule is C#CCCCC(NC)C1CCCC(CC)C1. The monoisotopic (exact) mass is 221 g/mol. The maximum Gasteiger partial charge on any atom is 0.00927 e. The van der Waals surface area contributed by atoms with Gasteiger partial charge in [0.15, 0.2) is 0 Å². The summed E-state index contributed by atoms with van der Waals surface area (Å²) in [7, 11) is 2.11. The Morgan fingerprint density at radius 3 is 2.88 bits per heavy atom. The van der Waals surface area contributed by atoms with Crippen molar-refractivity contribution >= 4 is 0 Å². The minimum Gasteiger partial charge on any atom is -0.317 e. The predicted octanol–water partition coefficient (Wildman–Crippen LogP) is 3.59. The molecular formula is C15H27N. The van der Waals surface area contributed by atoms with Crippen LogP contribution in [0.2, 0.25) is 0 Å². The second-order valence-electron chi connectivity index (χ2n) is 5.19. The van der Waals surface area contributed by atoms with Gasteiger partial charge in [0, 0.05) is 12.5 Å². The van der Waals surface area contributed by atoms with Crippen molar-refractivity contribution < 1.29 is 0 Å². The van der Waals surface area contributed by atoms with Crippen molar-refractivity contribution in [3.05, 3.63) is 0 Å². The largest absolute Gasteiger partial charge is 0.317 e. The van der Waals surface area contributed by atoms with Gasteiger partial charge in [0.05, 0.1) is 0 Å². The van der Waals surface area contributed by atoms with Crippen LogP contribution in [0.15, 0.2) is 0 Å². The van der Waals surface area contributed by atoms with Crippen LogP contribution in [0.4, 0.5) is 0 Å². The Morgan fingerprint density at radius 1 is 1.44 bits per heavy atom. The lowest BCUT2D eigenvalue weighted by Crippen LogP contribution is -2.36. The standard InChI is InChI=1S/C15H27N/c1-4-6-7-11-15(16-3)14-10-8-9-13(5-2)12-14/h1,13-16H,5-12H2,2-3H3. The molecule has 1 rings (SSSR count). The third-order valence-electron chi connectivity index (χ3n) is 4.18. The topological polar surface area (TPSA) is 12.0 Å².